The third-order valence-corrected chi connectivity index (χ3v) is 32.9. The molecule has 0 radical (unpaired) electrons. The van der Waals surface area contributed by atoms with Gasteiger partial charge in [-0.2, -0.15) is 0 Å². The Hall–Kier alpha value is -18.5. The average molecular weight is 1820 g/mol. The Balaban J connectivity index is 0.0000000986. The van der Waals surface area contributed by atoms with Crippen LogP contribution in [-0.4, -0.2) is 0 Å². The third-order valence-electron chi connectivity index (χ3n) is 32.9. The molecule has 0 saturated heterocycles. The lowest BCUT2D eigenvalue weighted by atomic mass is 9.73. The first kappa shape index (κ1) is 80.4. The van der Waals surface area contributed by atoms with Gasteiger partial charge in [0, 0.05) is 51.1 Å². The zero-order chi connectivity index (χ0) is 94.2. The minimum absolute atomic E-state index is 0.305. The predicted octanol–water partition coefficient (Wildman–Crippen LogP) is 36.9. The summed E-state index contributed by atoms with van der Waals surface area (Å²) in [4.78, 5) is 7.30. The van der Waals surface area contributed by atoms with Crippen LogP contribution >= 0.6 is 0 Å². The van der Waals surface area contributed by atoms with E-state index in [0.29, 0.717) is 0 Å². The van der Waals surface area contributed by atoms with Crippen molar-refractivity contribution in [2.75, 3.05) is 14.7 Å². The van der Waals surface area contributed by atoms with E-state index in [1.807, 2.05) is 0 Å². The predicted molar refractivity (Wildman–Crippen MR) is 598 cm³/mol. The molecule has 144 heavy (non-hydrogen) atoms. The molecule has 3 atom stereocenters. The molecule has 9 aliphatic carbocycles. The lowest BCUT2D eigenvalue weighted by Crippen LogP contribution is -2.23. The lowest BCUT2D eigenvalue weighted by molar-refractivity contribution is 0.818. The fraction of sp³-hybridized carbons (Fsp3) is 0.0213. The molecule has 0 amide bonds. The largest absolute Gasteiger partial charge is 0.310 e. The summed E-state index contributed by atoms with van der Waals surface area (Å²) in [6.45, 7) is 0. The Morgan fingerprint density at radius 3 is 0.736 bits per heavy atom. The molecule has 3 unspecified atom stereocenters. The zero-order valence-electron chi connectivity index (χ0n) is 78.6. The van der Waals surface area contributed by atoms with Crippen molar-refractivity contribution in [1.29, 1.82) is 0 Å². The molecule has 24 aromatic rings. The molecule has 9 aliphatic rings. The normalized spacial score (nSPS) is 15.6. The zero-order valence-corrected chi connectivity index (χ0v) is 78.6. The van der Waals surface area contributed by atoms with Crippen molar-refractivity contribution in [3.8, 4) is 134 Å². The second-order valence-corrected chi connectivity index (χ2v) is 39.7. The van der Waals surface area contributed by atoms with Crippen LogP contribution in [-0.2, 0) is 16.2 Å². The van der Waals surface area contributed by atoms with Gasteiger partial charge >= 0.3 is 0 Å². The number of anilines is 9. The first-order valence-corrected chi connectivity index (χ1v) is 50.3. The molecule has 0 fully saturated rings. The average Bonchev–Trinajstić information content (AvgIpc) is 1.48. The lowest BCUT2D eigenvalue weighted by Gasteiger charge is -2.31. The van der Waals surface area contributed by atoms with E-state index in [2.05, 4.69) is 542 Å². The Morgan fingerprint density at radius 2 is 0.347 bits per heavy atom. The van der Waals surface area contributed by atoms with E-state index < -0.39 is 0 Å². The van der Waals surface area contributed by atoms with Crippen LogP contribution in [0.15, 0.2) is 528 Å². The molecule has 24 aromatic carbocycles. The fourth-order valence-corrected chi connectivity index (χ4v) is 27.6. The van der Waals surface area contributed by atoms with E-state index in [1.165, 1.54) is 233 Å². The maximum Gasteiger partial charge on any atom is 0.0738 e. The van der Waals surface area contributed by atoms with Crippen molar-refractivity contribution < 1.29 is 0 Å². The molecule has 3 spiro atoms. The second kappa shape index (κ2) is 30.7. The first-order chi connectivity index (χ1) is 71.5. The molecule has 0 heterocycles. The molecular formula is C141H87N3. The summed E-state index contributed by atoms with van der Waals surface area (Å²) in [6.07, 6.45) is 0. The summed E-state index contributed by atoms with van der Waals surface area (Å²) in [7, 11) is 0. The van der Waals surface area contributed by atoms with Gasteiger partial charge < -0.3 is 14.7 Å². The smallest absolute Gasteiger partial charge is 0.0738 e. The van der Waals surface area contributed by atoms with Gasteiger partial charge in [0.2, 0.25) is 0 Å². The summed E-state index contributed by atoms with van der Waals surface area (Å²) in [5, 5.41) is 7.56. The van der Waals surface area contributed by atoms with Crippen LogP contribution in [0.25, 0.3) is 166 Å². The van der Waals surface area contributed by atoms with Crippen LogP contribution in [0.2, 0.25) is 0 Å². The van der Waals surface area contributed by atoms with Gasteiger partial charge in [-0.05, 0) is 330 Å². The molecule has 33 rings (SSSR count). The maximum atomic E-state index is 2.50. The first-order valence-electron chi connectivity index (χ1n) is 50.3. The van der Waals surface area contributed by atoms with Gasteiger partial charge in [-0.15, -0.1) is 0 Å². The monoisotopic (exact) mass is 1820 g/mol. The summed E-state index contributed by atoms with van der Waals surface area (Å²) in [5.74, 6) is 0. The highest BCUT2D eigenvalue weighted by molar-refractivity contribution is 6.13. The van der Waals surface area contributed by atoms with Crippen molar-refractivity contribution in [1.82, 2.24) is 0 Å². The Morgan fingerprint density at radius 1 is 0.118 bits per heavy atom. The Bertz CT molecular complexity index is 9500. The van der Waals surface area contributed by atoms with E-state index >= 15 is 0 Å². The molecule has 0 aromatic heterocycles. The van der Waals surface area contributed by atoms with Gasteiger partial charge in [-0.1, -0.05) is 425 Å². The van der Waals surface area contributed by atoms with Gasteiger partial charge in [0.1, 0.15) is 0 Å². The number of rotatable bonds is 12. The quantitative estimate of drug-likeness (QED) is 0.121. The Labute approximate surface area is 836 Å². The summed E-state index contributed by atoms with van der Waals surface area (Å²) in [6, 6.07) is 196. The molecule has 3 nitrogen and oxygen atoms in total. The van der Waals surface area contributed by atoms with Crippen LogP contribution < -0.4 is 14.7 Å². The number of benzene rings is 24. The van der Waals surface area contributed by atoms with Crippen LogP contribution in [0, 0.1) is 0 Å². The Kier molecular flexibility index (Phi) is 17.2. The standard InChI is InChI=1S/3C47H29N/c1-2-15-31(16-3-1)48(44-26-9-7-19-37(44)34-20-10-14-30-13-4-5-17-33(30)34)32-27-28-36-39-22-12-24-41-40-23-11-21-38-35-18-6-8-25-42(35)47(45(38)40,46(39)41)43(36)29-32;1-2-15-32(16-3-1)48(33-17-8-14-31(28-33)36-20-9-13-30-12-4-5-18-35(30)36)34-26-27-38-40-22-11-24-42-41-23-10-21-39-37-19-6-7-25-43(37)47(45(39)41,46(40)42)44(38)29-34;1-2-13-32(14-3-1)48(33-25-23-31(24-26-33)36-17-8-12-30-11-4-5-15-35(30)36)34-27-28-38-40-19-10-21-42-41-20-9-18-39-37-16-6-7-22-43(37)47(45(39)41,46(40)42)44(38)29-34/h3*1-29H. The summed E-state index contributed by atoms with van der Waals surface area (Å²) in [5.41, 5.74) is 58.3. The van der Waals surface area contributed by atoms with E-state index in [4.69, 9.17) is 0 Å². The second-order valence-electron chi connectivity index (χ2n) is 39.7. The molecule has 0 saturated carbocycles. The molecule has 0 N–H and O–H groups in total. The summed E-state index contributed by atoms with van der Waals surface area (Å²) < 4.78 is 0. The van der Waals surface area contributed by atoms with E-state index in [9.17, 15) is 0 Å². The number of hydrogen-bond acceptors (Lipinski definition) is 3. The van der Waals surface area contributed by atoms with Crippen molar-refractivity contribution in [2.24, 2.45) is 0 Å². The highest BCUT2D eigenvalue weighted by atomic mass is 15.2. The number of hydrogen-bond donors (Lipinski definition) is 0. The molecular weight excluding hydrogens is 1740 g/mol. The minimum Gasteiger partial charge on any atom is -0.310 e. The molecule has 0 aliphatic heterocycles. The maximum absolute atomic E-state index is 2.50. The van der Waals surface area contributed by atoms with Gasteiger partial charge in [0.05, 0.1) is 21.9 Å². The van der Waals surface area contributed by atoms with Gasteiger partial charge in [0.15, 0.2) is 0 Å². The minimum atomic E-state index is -0.322. The number of fused-ring (bicyclic) bond motifs is 18. The van der Waals surface area contributed by atoms with E-state index in [0.717, 1.165) is 51.2 Å². The van der Waals surface area contributed by atoms with Crippen LogP contribution in [0.3, 0.4) is 0 Å². The van der Waals surface area contributed by atoms with Gasteiger partial charge in [-0.3, -0.25) is 0 Å². The molecule has 666 valence electrons. The van der Waals surface area contributed by atoms with E-state index in [-0.39, 0.29) is 16.2 Å². The highest BCUT2D eigenvalue weighted by Crippen LogP contribution is 2.75. The van der Waals surface area contributed by atoms with Crippen LogP contribution in [0.5, 0.6) is 0 Å². The third kappa shape index (κ3) is 10.9. The van der Waals surface area contributed by atoms with Crippen molar-refractivity contribution >= 4 is 83.5 Å². The van der Waals surface area contributed by atoms with Crippen molar-refractivity contribution in [3.63, 3.8) is 0 Å². The number of para-hydroxylation sites is 4. The van der Waals surface area contributed by atoms with Gasteiger partial charge in [-0.25, -0.2) is 0 Å². The SMILES string of the molecule is c1ccc(N(c2ccc(-c3cccc4ccccc34)cc2)c2ccc3c(c2)C24c5ccccc5-c5cccc(c52)-c2cccc-3c24)cc1.c1ccc(N(c2ccc3c(c2)C24c5ccccc5-c5cccc(c52)-c2cccc-3c24)c2ccccc2-c2cccc3ccccc23)cc1.c1ccc(N(c2cccc(-c3cccc4ccccc34)c2)c2ccc3c(c2)C24c5ccccc5-c5cccc(c52)-c2cccc-3c24)cc1. The van der Waals surface area contributed by atoms with Gasteiger partial charge in [0.25, 0.3) is 0 Å². The molecule has 3 heteroatoms. The van der Waals surface area contributed by atoms with Crippen LogP contribution in [0.4, 0.5) is 51.2 Å². The van der Waals surface area contributed by atoms with Crippen molar-refractivity contribution in [3.05, 3.63) is 595 Å². The fourth-order valence-electron chi connectivity index (χ4n) is 27.6. The number of nitrogens with zero attached hydrogens (tertiary/aromatic N) is 3. The van der Waals surface area contributed by atoms with Crippen LogP contribution in [0.1, 0.15) is 66.8 Å². The van der Waals surface area contributed by atoms with E-state index in [1.54, 1.807) is 0 Å². The van der Waals surface area contributed by atoms with Crippen molar-refractivity contribution in [2.45, 2.75) is 16.2 Å². The topological polar surface area (TPSA) is 9.72 Å². The highest BCUT2D eigenvalue weighted by Gasteiger charge is 2.61. The summed E-state index contributed by atoms with van der Waals surface area (Å²) >= 11 is 0. The molecule has 0 bridgehead atoms.